The molecule has 1 N–H and O–H groups in total. The van der Waals surface area contributed by atoms with Crippen molar-refractivity contribution in [2.45, 2.75) is 6.92 Å². The summed E-state index contributed by atoms with van der Waals surface area (Å²) >= 11 is 7.45. The lowest BCUT2D eigenvalue weighted by Gasteiger charge is -2.11. The molecular weight excluding hydrogens is 426 g/mol. The second-order valence-electron chi connectivity index (χ2n) is 6.13. The van der Waals surface area contributed by atoms with E-state index in [1.54, 1.807) is 49.6 Å². The van der Waals surface area contributed by atoms with Gasteiger partial charge in [-0.1, -0.05) is 11.6 Å². The summed E-state index contributed by atoms with van der Waals surface area (Å²) < 4.78 is 16.8. The van der Waals surface area contributed by atoms with Crippen molar-refractivity contribution in [2.24, 2.45) is 0 Å². The third-order valence-corrected chi connectivity index (χ3v) is 5.39. The topological polar surface area (TPSA) is 77.6 Å². The number of aromatic amines is 1. The highest BCUT2D eigenvalue weighted by atomic mass is 35.5. The number of hydrogen-bond donors (Lipinski definition) is 1. The molecule has 0 aliphatic rings. The van der Waals surface area contributed by atoms with Crippen molar-refractivity contribution in [1.82, 2.24) is 4.98 Å². The number of nitrogens with one attached hydrogen (secondary N) is 1. The Hall–Kier alpha value is -3.03. The fourth-order valence-corrected chi connectivity index (χ4v) is 3.95. The summed E-state index contributed by atoms with van der Waals surface area (Å²) in [5, 5.41) is 0.379. The molecule has 0 fully saturated rings. The van der Waals surface area contributed by atoms with Crippen LogP contribution in [0, 0.1) is 0 Å². The molecule has 3 rings (SSSR count). The van der Waals surface area contributed by atoms with Crippen LogP contribution in [0.25, 0.3) is 12.2 Å². The average molecular weight is 446 g/mol. The molecule has 0 saturated carbocycles. The summed E-state index contributed by atoms with van der Waals surface area (Å²) in [6.07, 6.45) is 3.09. The molecule has 0 spiro atoms. The van der Waals surface area contributed by atoms with Crippen molar-refractivity contribution in [3.05, 3.63) is 72.1 Å². The van der Waals surface area contributed by atoms with E-state index in [0.29, 0.717) is 49.2 Å². The normalized spacial score (nSPS) is 12.1. The van der Waals surface area contributed by atoms with E-state index >= 15 is 0 Å². The maximum atomic E-state index is 12.5. The van der Waals surface area contributed by atoms with Crippen LogP contribution in [0.5, 0.6) is 17.2 Å². The molecule has 0 aliphatic heterocycles. The maximum absolute atomic E-state index is 12.5. The zero-order valence-corrected chi connectivity index (χ0v) is 18.2. The minimum atomic E-state index is -0.293. The molecule has 0 saturated heterocycles. The molecule has 1 heterocycles. The SMILES string of the molecule is CCOc1cc(C=c2sc(=CC(=O)c3ccc(OC)cc3)[nH]c2=O)cc(Cl)c1OC. The number of halogens is 1. The number of methoxy groups -OCH3 is 2. The lowest BCUT2D eigenvalue weighted by molar-refractivity contribution is 0.106. The molecule has 0 amide bonds. The van der Waals surface area contributed by atoms with Crippen molar-refractivity contribution in [2.75, 3.05) is 20.8 Å². The van der Waals surface area contributed by atoms with Crippen LogP contribution in [0.3, 0.4) is 0 Å². The number of Topliss-reactive ketones (excluding diaryl/α,β-unsaturated/α-hetero) is 1. The Labute approximate surface area is 182 Å². The summed E-state index contributed by atoms with van der Waals surface area (Å²) in [5.74, 6) is 1.38. The van der Waals surface area contributed by atoms with E-state index in [9.17, 15) is 9.59 Å². The van der Waals surface area contributed by atoms with E-state index in [4.69, 9.17) is 25.8 Å². The van der Waals surface area contributed by atoms with Crippen molar-refractivity contribution in [1.29, 1.82) is 0 Å². The standard InChI is InChI=1S/C22H20ClNO5S/c1-4-29-18-10-13(9-16(23)21(18)28-3)11-19-22(26)24-20(30-19)12-17(25)14-5-7-15(27-2)8-6-14/h5-12H,4H2,1-3H3,(H,24,26). The van der Waals surface area contributed by atoms with Gasteiger partial charge in [-0.15, -0.1) is 11.3 Å². The fourth-order valence-electron chi connectivity index (χ4n) is 2.77. The molecule has 0 atom stereocenters. The summed E-state index contributed by atoms with van der Waals surface area (Å²) in [7, 11) is 3.07. The number of rotatable bonds is 7. The van der Waals surface area contributed by atoms with Crippen LogP contribution >= 0.6 is 22.9 Å². The first-order chi connectivity index (χ1) is 14.4. The first-order valence-electron chi connectivity index (χ1n) is 9.06. The van der Waals surface area contributed by atoms with Gasteiger partial charge in [-0.3, -0.25) is 9.59 Å². The molecule has 1 aromatic heterocycles. The van der Waals surface area contributed by atoms with Gasteiger partial charge in [0, 0.05) is 11.6 Å². The summed E-state index contributed by atoms with van der Waals surface area (Å²) in [5.41, 5.74) is 0.891. The number of aromatic nitrogens is 1. The van der Waals surface area contributed by atoms with Gasteiger partial charge >= 0.3 is 0 Å². The predicted octanol–water partition coefficient (Wildman–Crippen LogP) is 3.00. The summed E-state index contributed by atoms with van der Waals surface area (Å²) in [4.78, 5) is 27.5. The summed E-state index contributed by atoms with van der Waals surface area (Å²) in [6.45, 7) is 2.30. The van der Waals surface area contributed by atoms with Crippen molar-refractivity contribution in [3.63, 3.8) is 0 Å². The Balaban J connectivity index is 1.97. The smallest absolute Gasteiger partial charge is 0.266 e. The van der Waals surface area contributed by atoms with E-state index in [-0.39, 0.29) is 11.3 Å². The van der Waals surface area contributed by atoms with Gasteiger partial charge in [0.1, 0.15) is 5.75 Å². The second-order valence-corrected chi connectivity index (χ2v) is 7.62. The minimum absolute atomic E-state index is 0.215. The Morgan fingerprint density at radius 1 is 1.17 bits per heavy atom. The third kappa shape index (κ3) is 4.93. The average Bonchev–Trinajstić information content (AvgIpc) is 3.06. The number of hydrogen-bond acceptors (Lipinski definition) is 6. The number of carbonyl (C=O) groups excluding carboxylic acids is 1. The van der Waals surface area contributed by atoms with Crippen molar-refractivity contribution < 1.29 is 19.0 Å². The molecule has 156 valence electrons. The molecule has 0 unspecified atom stereocenters. The molecule has 8 heteroatoms. The number of ketones is 1. The lowest BCUT2D eigenvalue weighted by Crippen LogP contribution is -2.20. The number of benzene rings is 2. The van der Waals surface area contributed by atoms with Crippen LogP contribution in [0.2, 0.25) is 5.02 Å². The molecule has 3 aromatic rings. The highest BCUT2D eigenvalue weighted by molar-refractivity contribution is 7.07. The Morgan fingerprint density at radius 2 is 1.90 bits per heavy atom. The van der Waals surface area contributed by atoms with Crippen molar-refractivity contribution in [3.8, 4) is 17.2 Å². The zero-order valence-electron chi connectivity index (χ0n) is 16.7. The van der Waals surface area contributed by atoms with Crippen LogP contribution in [0.15, 0.2) is 41.2 Å². The fraction of sp³-hybridized carbons (Fsp3) is 0.182. The van der Waals surface area contributed by atoms with Gasteiger partial charge in [0.25, 0.3) is 5.56 Å². The van der Waals surface area contributed by atoms with E-state index in [1.807, 2.05) is 6.92 Å². The molecule has 0 aliphatic carbocycles. The van der Waals surface area contributed by atoms with Gasteiger partial charge in [0.15, 0.2) is 17.3 Å². The lowest BCUT2D eigenvalue weighted by atomic mass is 10.1. The Bertz CT molecular complexity index is 1230. The van der Waals surface area contributed by atoms with E-state index in [2.05, 4.69) is 4.98 Å². The number of thiazole rings is 1. The van der Waals surface area contributed by atoms with E-state index in [1.165, 1.54) is 24.5 Å². The maximum Gasteiger partial charge on any atom is 0.266 e. The van der Waals surface area contributed by atoms with Crippen LogP contribution in [0.4, 0.5) is 0 Å². The van der Waals surface area contributed by atoms with Gasteiger partial charge in [0.05, 0.1) is 35.0 Å². The van der Waals surface area contributed by atoms with E-state index in [0.717, 1.165) is 0 Å². The van der Waals surface area contributed by atoms with Crippen LogP contribution in [-0.2, 0) is 0 Å². The molecule has 30 heavy (non-hydrogen) atoms. The van der Waals surface area contributed by atoms with Crippen LogP contribution in [0.1, 0.15) is 22.8 Å². The number of H-pyrrole nitrogens is 1. The Kier molecular flexibility index (Phi) is 6.97. The largest absolute Gasteiger partial charge is 0.497 e. The van der Waals surface area contributed by atoms with Crippen LogP contribution < -0.4 is 29.0 Å². The van der Waals surface area contributed by atoms with Gasteiger partial charge < -0.3 is 19.2 Å². The highest BCUT2D eigenvalue weighted by Gasteiger charge is 2.11. The van der Waals surface area contributed by atoms with E-state index < -0.39 is 0 Å². The molecule has 0 bridgehead atoms. The van der Waals surface area contributed by atoms with Crippen molar-refractivity contribution >= 4 is 40.9 Å². The third-order valence-electron chi connectivity index (χ3n) is 4.15. The minimum Gasteiger partial charge on any atom is -0.497 e. The van der Waals surface area contributed by atoms with Gasteiger partial charge in [-0.2, -0.15) is 0 Å². The number of ether oxygens (including phenoxy) is 3. The molecule has 2 aromatic carbocycles. The zero-order chi connectivity index (χ0) is 21.7. The van der Waals surface area contributed by atoms with Gasteiger partial charge in [-0.05, 0) is 55.0 Å². The monoisotopic (exact) mass is 445 g/mol. The quantitative estimate of drug-likeness (QED) is 0.566. The van der Waals surface area contributed by atoms with Crippen LogP contribution in [-0.4, -0.2) is 31.6 Å². The first kappa shape index (κ1) is 21.7. The van der Waals surface area contributed by atoms with Gasteiger partial charge in [0.2, 0.25) is 0 Å². The second kappa shape index (κ2) is 9.65. The molecule has 0 radical (unpaired) electrons. The first-order valence-corrected chi connectivity index (χ1v) is 10.3. The predicted molar refractivity (Wildman–Crippen MR) is 119 cm³/mol. The Morgan fingerprint density at radius 3 is 2.53 bits per heavy atom. The molecular formula is C22H20ClNO5S. The van der Waals surface area contributed by atoms with Gasteiger partial charge in [-0.25, -0.2) is 0 Å². The number of carbonyl (C=O) groups is 1. The summed E-state index contributed by atoms with van der Waals surface area (Å²) in [6, 6.07) is 10.2. The highest BCUT2D eigenvalue weighted by Crippen LogP contribution is 2.36. The molecule has 6 nitrogen and oxygen atoms in total.